The zero-order valence-corrected chi connectivity index (χ0v) is 14.9. The molecule has 1 aromatic carbocycles. The van der Waals surface area contributed by atoms with Crippen LogP contribution >= 0.6 is 0 Å². The van der Waals surface area contributed by atoms with Gasteiger partial charge < -0.3 is 13.9 Å². The lowest BCUT2D eigenvalue weighted by molar-refractivity contribution is 0.131. The van der Waals surface area contributed by atoms with E-state index >= 15 is 0 Å². The highest BCUT2D eigenvalue weighted by atomic mass is 16.7. The molecule has 0 bridgehead atoms. The van der Waals surface area contributed by atoms with Gasteiger partial charge in [-0.3, -0.25) is 0 Å². The molecule has 0 spiro atoms. The molecule has 0 saturated heterocycles. The molecule has 4 atom stereocenters. The maximum Gasteiger partial charge on any atom is 0.231 e. The van der Waals surface area contributed by atoms with Gasteiger partial charge in [-0.2, -0.15) is 0 Å². The summed E-state index contributed by atoms with van der Waals surface area (Å²) >= 11 is 0. The Morgan fingerprint density at radius 3 is 2.67 bits per heavy atom. The quantitative estimate of drug-likeness (QED) is 0.617. The smallest absolute Gasteiger partial charge is 0.231 e. The maximum atomic E-state index is 6.42. The van der Waals surface area contributed by atoms with Gasteiger partial charge in [0.2, 0.25) is 6.79 Å². The first kappa shape index (κ1) is 14.7. The largest absolute Gasteiger partial charge is 0.460 e. The monoisotopic (exact) mass is 326 g/mol. The maximum absolute atomic E-state index is 6.42. The van der Waals surface area contributed by atoms with Crippen LogP contribution in [0.5, 0.6) is 11.5 Å². The number of hydrogen-bond donors (Lipinski definition) is 0. The zero-order chi connectivity index (χ0) is 16.5. The highest BCUT2D eigenvalue weighted by Crippen LogP contribution is 2.56. The van der Waals surface area contributed by atoms with E-state index in [1.807, 2.05) is 6.07 Å². The molecule has 0 unspecified atom stereocenters. The van der Waals surface area contributed by atoms with Crippen LogP contribution in [-0.2, 0) is 5.41 Å². The fraction of sp³-hybridized carbons (Fsp3) is 0.619. The van der Waals surface area contributed by atoms with E-state index in [4.69, 9.17) is 13.9 Å². The molecule has 0 N–H and O–H groups in total. The Morgan fingerprint density at radius 2 is 1.83 bits per heavy atom. The summed E-state index contributed by atoms with van der Waals surface area (Å²) in [7, 11) is 0. The Kier molecular flexibility index (Phi) is 3.02. The third-order valence-corrected chi connectivity index (χ3v) is 7.00. The SMILES string of the molecule is C[C@@H]1CC[C@H]2[C@@H](C)CCC[C@]2(C)c2c1oc1cc3c(cc21)OCO3. The number of ether oxygens (including phenoxy) is 2. The van der Waals surface area contributed by atoms with Crippen molar-refractivity contribution < 1.29 is 13.9 Å². The first-order valence-electron chi connectivity index (χ1n) is 9.44. The first-order valence-corrected chi connectivity index (χ1v) is 9.44. The molecule has 2 aliphatic carbocycles. The van der Waals surface area contributed by atoms with Crippen LogP contribution in [0.4, 0.5) is 0 Å². The molecule has 128 valence electrons. The molecule has 0 amide bonds. The van der Waals surface area contributed by atoms with Crippen LogP contribution in [0.3, 0.4) is 0 Å². The molecular formula is C21H26O3. The van der Waals surface area contributed by atoms with Gasteiger partial charge in [-0.15, -0.1) is 0 Å². The van der Waals surface area contributed by atoms with Crippen molar-refractivity contribution in [3.05, 3.63) is 23.5 Å². The van der Waals surface area contributed by atoms with Gasteiger partial charge in [0.1, 0.15) is 11.3 Å². The Hall–Kier alpha value is -1.64. The van der Waals surface area contributed by atoms with Gasteiger partial charge >= 0.3 is 0 Å². The van der Waals surface area contributed by atoms with E-state index in [9.17, 15) is 0 Å². The average Bonchev–Trinajstić information content (AvgIpc) is 3.12. The summed E-state index contributed by atoms with van der Waals surface area (Å²) in [5, 5.41) is 1.25. The normalized spacial score (nSPS) is 34.7. The van der Waals surface area contributed by atoms with E-state index in [1.54, 1.807) is 0 Å². The van der Waals surface area contributed by atoms with E-state index in [1.165, 1.54) is 48.8 Å². The number of fused-ring (bicyclic) bond motifs is 6. The molecule has 5 rings (SSSR count). The van der Waals surface area contributed by atoms with Crippen LogP contribution in [0.25, 0.3) is 11.0 Å². The molecule has 3 aliphatic rings. The summed E-state index contributed by atoms with van der Waals surface area (Å²) in [6.45, 7) is 7.59. The molecule has 1 aromatic heterocycles. The topological polar surface area (TPSA) is 31.6 Å². The number of benzene rings is 1. The van der Waals surface area contributed by atoms with Crippen molar-refractivity contribution in [1.82, 2.24) is 0 Å². The van der Waals surface area contributed by atoms with Gasteiger partial charge in [0.25, 0.3) is 0 Å². The average molecular weight is 326 g/mol. The molecule has 24 heavy (non-hydrogen) atoms. The minimum atomic E-state index is 0.219. The molecule has 2 heterocycles. The fourth-order valence-corrected chi connectivity index (χ4v) is 5.72. The van der Waals surface area contributed by atoms with Crippen LogP contribution in [0, 0.1) is 11.8 Å². The molecular weight excluding hydrogens is 300 g/mol. The van der Waals surface area contributed by atoms with Gasteiger partial charge in [-0.1, -0.05) is 33.6 Å². The van der Waals surface area contributed by atoms with Gasteiger partial charge in [0, 0.05) is 22.9 Å². The second-order valence-electron chi connectivity index (χ2n) is 8.41. The predicted octanol–water partition coefficient (Wildman–Crippen LogP) is 5.75. The lowest BCUT2D eigenvalue weighted by atomic mass is 9.59. The van der Waals surface area contributed by atoms with Crippen molar-refractivity contribution in [2.75, 3.05) is 6.79 Å². The van der Waals surface area contributed by atoms with Crippen LogP contribution < -0.4 is 9.47 Å². The highest BCUT2D eigenvalue weighted by molar-refractivity contribution is 5.87. The van der Waals surface area contributed by atoms with Crippen LogP contribution in [0.2, 0.25) is 0 Å². The number of furan rings is 1. The Labute approximate surface area is 143 Å². The van der Waals surface area contributed by atoms with Crippen molar-refractivity contribution >= 4 is 11.0 Å². The third-order valence-electron chi connectivity index (χ3n) is 7.00. The summed E-state index contributed by atoms with van der Waals surface area (Å²) in [6.07, 6.45) is 6.50. The van der Waals surface area contributed by atoms with Gasteiger partial charge in [0.15, 0.2) is 11.5 Å². The minimum absolute atomic E-state index is 0.219. The summed E-state index contributed by atoms with van der Waals surface area (Å²) in [5.41, 5.74) is 2.66. The highest BCUT2D eigenvalue weighted by Gasteiger charge is 2.47. The summed E-state index contributed by atoms with van der Waals surface area (Å²) < 4.78 is 17.6. The molecule has 0 radical (unpaired) electrons. The van der Waals surface area contributed by atoms with E-state index < -0.39 is 0 Å². The van der Waals surface area contributed by atoms with E-state index in [0.717, 1.165) is 28.9 Å². The number of rotatable bonds is 0. The lowest BCUT2D eigenvalue weighted by Gasteiger charge is -2.45. The van der Waals surface area contributed by atoms with Gasteiger partial charge in [0.05, 0.1) is 0 Å². The minimum Gasteiger partial charge on any atom is -0.460 e. The molecule has 1 fully saturated rings. The van der Waals surface area contributed by atoms with Crippen molar-refractivity contribution in [1.29, 1.82) is 0 Å². The van der Waals surface area contributed by atoms with Crippen molar-refractivity contribution in [2.45, 2.75) is 64.2 Å². The number of hydrogen-bond acceptors (Lipinski definition) is 3. The second-order valence-corrected chi connectivity index (χ2v) is 8.41. The molecule has 2 aromatic rings. The van der Waals surface area contributed by atoms with E-state index in [0.29, 0.717) is 12.7 Å². The summed E-state index contributed by atoms with van der Waals surface area (Å²) in [4.78, 5) is 0. The van der Waals surface area contributed by atoms with Gasteiger partial charge in [-0.25, -0.2) is 0 Å². The van der Waals surface area contributed by atoms with Crippen molar-refractivity contribution in [3.8, 4) is 11.5 Å². The van der Waals surface area contributed by atoms with E-state index in [-0.39, 0.29) is 5.41 Å². The second kappa shape index (κ2) is 4.93. The predicted molar refractivity (Wildman–Crippen MR) is 93.8 cm³/mol. The van der Waals surface area contributed by atoms with E-state index in [2.05, 4.69) is 26.8 Å². The van der Waals surface area contributed by atoms with Gasteiger partial charge in [-0.05, 0) is 42.6 Å². The molecule has 1 saturated carbocycles. The zero-order valence-electron chi connectivity index (χ0n) is 14.9. The third kappa shape index (κ3) is 1.84. The van der Waals surface area contributed by atoms with Crippen LogP contribution in [0.15, 0.2) is 16.5 Å². The van der Waals surface area contributed by atoms with Crippen LogP contribution in [-0.4, -0.2) is 6.79 Å². The lowest BCUT2D eigenvalue weighted by Crippen LogP contribution is -2.39. The Morgan fingerprint density at radius 1 is 1.04 bits per heavy atom. The molecule has 1 aliphatic heterocycles. The molecule has 3 heteroatoms. The van der Waals surface area contributed by atoms with Crippen molar-refractivity contribution in [3.63, 3.8) is 0 Å². The molecule has 3 nitrogen and oxygen atoms in total. The Balaban J connectivity index is 1.79. The Bertz CT molecular complexity index is 805. The van der Waals surface area contributed by atoms with Crippen molar-refractivity contribution in [2.24, 2.45) is 11.8 Å². The summed E-state index contributed by atoms with van der Waals surface area (Å²) in [5.74, 6) is 4.93. The summed E-state index contributed by atoms with van der Waals surface area (Å²) in [6, 6.07) is 4.20. The first-order chi connectivity index (χ1) is 11.6. The standard InChI is InChI=1S/C21H26O3/c1-12-5-4-8-21(3)15(12)7-6-13(2)20-19(21)14-9-17-18(23-11-22-17)10-16(14)24-20/h9-10,12-13,15H,4-8,11H2,1-3H3/t12-,13+,15-,21-/m0/s1. The fourth-order valence-electron chi connectivity index (χ4n) is 5.72. The van der Waals surface area contributed by atoms with Crippen LogP contribution in [0.1, 0.15) is 70.1 Å².